The summed E-state index contributed by atoms with van der Waals surface area (Å²) in [5, 5.41) is 11.8. The van der Waals surface area contributed by atoms with E-state index in [1.165, 1.54) is 25.7 Å². The molecule has 5 heteroatoms. The van der Waals surface area contributed by atoms with E-state index in [0.717, 1.165) is 17.7 Å². The van der Waals surface area contributed by atoms with E-state index in [4.69, 9.17) is 5.73 Å². The molecular formula is C9H15N5. The van der Waals surface area contributed by atoms with Gasteiger partial charge in [-0.15, -0.1) is 5.10 Å². The van der Waals surface area contributed by atoms with E-state index in [9.17, 15) is 0 Å². The highest BCUT2D eigenvalue weighted by atomic mass is 15.6. The van der Waals surface area contributed by atoms with Gasteiger partial charge in [-0.2, -0.15) is 0 Å². The largest absolute Gasteiger partial charge is 0.324 e. The van der Waals surface area contributed by atoms with Crippen LogP contribution in [0.15, 0.2) is 0 Å². The van der Waals surface area contributed by atoms with Gasteiger partial charge in [-0.05, 0) is 47.9 Å². The van der Waals surface area contributed by atoms with Gasteiger partial charge >= 0.3 is 0 Å². The Morgan fingerprint density at radius 3 is 2.43 bits per heavy atom. The van der Waals surface area contributed by atoms with Gasteiger partial charge in [0, 0.05) is 0 Å². The second kappa shape index (κ2) is 3.02. The molecule has 0 atom stereocenters. The first-order valence-electron chi connectivity index (χ1n) is 5.37. The minimum absolute atomic E-state index is 0.447. The third-order valence-electron chi connectivity index (χ3n) is 3.24. The number of nitrogens with two attached hydrogens (primary N) is 1. The van der Waals surface area contributed by atoms with Crippen LogP contribution >= 0.6 is 0 Å². The van der Waals surface area contributed by atoms with Gasteiger partial charge in [0.15, 0.2) is 5.82 Å². The second-order valence-electron chi connectivity index (χ2n) is 4.41. The van der Waals surface area contributed by atoms with Crippen LogP contribution < -0.4 is 5.73 Å². The quantitative estimate of drug-likeness (QED) is 0.755. The van der Waals surface area contributed by atoms with Gasteiger partial charge < -0.3 is 5.73 Å². The van der Waals surface area contributed by atoms with Crippen molar-refractivity contribution in [2.45, 2.75) is 38.3 Å². The molecule has 1 heterocycles. The van der Waals surface area contributed by atoms with Crippen molar-refractivity contribution in [1.82, 2.24) is 20.2 Å². The van der Waals surface area contributed by atoms with Crippen LogP contribution in [-0.4, -0.2) is 20.2 Å². The molecule has 2 aliphatic rings. The van der Waals surface area contributed by atoms with Gasteiger partial charge in [-0.1, -0.05) is 0 Å². The minimum Gasteiger partial charge on any atom is -0.324 e. The summed E-state index contributed by atoms with van der Waals surface area (Å²) in [6, 6.07) is 0.545. The summed E-state index contributed by atoms with van der Waals surface area (Å²) in [6.07, 6.45) is 5.35. The first-order chi connectivity index (χ1) is 6.90. The smallest absolute Gasteiger partial charge is 0.165 e. The lowest BCUT2D eigenvalue weighted by atomic mass is 10.1. The average molecular weight is 193 g/mol. The van der Waals surface area contributed by atoms with Gasteiger partial charge in [-0.3, -0.25) is 0 Å². The molecule has 76 valence electrons. The van der Waals surface area contributed by atoms with Gasteiger partial charge in [0.2, 0.25) is 0 Å². The molecule has 0 aliphatic heterocycles. The molecule has 0 radical (unpaired) electrons. The standard InChI is InChI=1S/C9H15N5/c10-5-8-11-12-13-14(8)9(6-1-2-6)7-3-4-7/h6-7,9H,1-5,10H2. The zero-order valence-electron chi connectivity index (χ0n) is 8.13. The maximum absolute atomic E-state index is 5.61. The molecule has 0 unspecified atom stereocenters. The van der Waals surface area contributed by atoms with Crippen LogP contribution in [0.25, 0.3) is 0 Å². The Kier molecular flexibility index (Phi) is 1.80. The lowest BCUT2D eigenvalue weighted by Gasteiger charge is -2.16. The van der Waals surface area contributed by atoms with Gasteiger partial charge in [0.05, 0.1) is 12.6 Å². The number of hydrogen-bond acceptors (Lipinski definition) is 4. The van der Waals surface area contributed by atoms with Crippen LogP contribution in [0.2, 0.25) is 0 Å². The van der Waals surface area contributed by atoms with Crippen molar-refractivity contribution >= 4 is 0 Å². The van der Waals surface area contributed by atoms with E-state index in [1.54, 1.807) is 0 Å². The van der Waals surface area contributed by atoms with E-state index in [1.807, 2.05) is 4.68 Å². The van der Waals surface area contributed by atoms with Crippen molar-refractivity contribution in [3.8, 4) is 0 Å². The van der Waals surface area contributed by atoms with Crippen LogP contribution in [0.1, 0.15) is 37.5 Å². The van der Waals surface area contributed by atoms with Crippen molar-refractivity contribution in [3.63, 3.8) is 0 Å². The van der Waals surface area contributed by atoms with Crippen molar-refractivity contribution in [1.29, 1.82) is 0 Å². The zero-order valence-corrected chi connectivity index (χ0v) is 8.13. The Labute approximate surface area is 82.7 Å². The van der Waals surface area contributed by atoms with Gasteiger partial charge in [0.25, 0.3) is 0 Å². The fourth-order valence-corrected chi connectivity index (χ4v) is 2.24. The Bertz CT molecular complexity index is 314. The number of nitrogens with zero attached hydrogens (tertiary/aromatic N) is 4. The molecule has 5 nitrogen and oxygen atoms in total. The van der Waals surface area contributed by atoms with Crippen LogP contribution in [0.4, 0.5) is 0 Å². The molecule has 0 spiro atoms. The van der Waals surface area contributed by atoms with Crippen LogP contribution in [0, 0.1) is 11.8 Å². The maximum atomic E-state index is 5.61. The van der Waals surface area contributed by atoms with Gasteiger partial charge in [-0.25, -0.2) is 4.68 Å². The van der Waals surface area contributed by atoms with Crippen molar-refractivity contribution < 1.29 is 0 Å². The SMILES string of the molecule is NCc1nnnn1C(C1CC1)C1CC1. The summed E-state index contributed by atoms with van der Waals surface area (Å²) in [4.78, 5) is 0. The summed E-state index contributed by atoms with van der Waals surface area (Å²) >= 11 is 0. The summed E-state index contributed by atoms with van der Waals surface area (Å²) < 4.78 is 1.98. The average Bonchev–Trinajstić information content (AvgIpc) is 3.07. The summed E-state index contributed by atoms with van der Waals surface area (Å²) in [7, 11) is 0. The van der Waals surface area contributed by atoms with E-state index < -0.39 is 0 Å². The molecule has 2 fully saturated rings. The fraction of sp³-hybridized carbons (Fsp3) is 0.889. The van der Waals surface area contributed by atoms with Crippen molar-refractivity contribution in [2.24, 2.45) is 17.6 Å². The lowest BCUT2D eigenvalue weighted by molar-refractivity contribution is 0.343. The van der Waals surface area contributed by atoms with E-state index in [0.29, 0.717) is 12.6 Å². The molecule has 0 aromatic carbocycles. The highest BCUT2D eigenvalue weighted by molar-refractivity contribution is 4.97. The lowest BCUT2D eigenvalue weighted by Crippen LogP contribution is -2.19. The van der Waals surface area contributed by atoms with Crippen LogP contribution in [-0.2, 0) is 6.54 Å². The minimum atomic E-state index is 0.447. The third-order valence-corrected chi connectivity index (χ3v) is 3.24. The predicted octanol–water partition coefficient (Wildman–Crippen LogP) is 0.493. The van der Waals surface area contributed by atoms with Crippen molar-refractivity contribution in [2.75, 3.05) is 0 Å². The molecule has 0 bridgehead atoms. The molecule has 2 aliphatic carbocycles. The number of rotatable bonds is 4. The number of tetrazole rings is 1. The predicted molar refractivity (Wildman–Crippen MR) is 50.2 cm³/mol. The Morgan fingerprint density at radius 2 is 1.93 bits per heavy atom. The highest BCUT2D eigenvalue weighted by Gasteiger charge is 2.44. The van der Waals surface area contributed by atoms with Gasteiger partial charge in [0.1, 0.15) is 0 Å². The Balaban J connectivity index is 1.89. The van der Waals surface area contributed by atoms with E-state index in [2.05, 4.69) is 15.5 Å². The molecule has 2 saturated carbocycles. The molecule has 3 rings (SSSR count). The first-order valence-corrected chi connectivity index (χ1v) is 5.37. The normalized spacial score (nSPS) is 21.9. The Morgan fingerprint density at radius 1 is 1.29 bits per heavy atom. The van der Waals surface area contributed by atoms with E-state index in [-0.39, 0.29) is 0 Å². The number of hydrogen-bond donors (Lipinski definition) is 1. The monoisotopic (exact) mass is 193 g/mol. The molecule has 1 aromatic rings. The van der Waals surface area contributed by atoms with Crippen LogP contribution in [0.5, 0.6) is 0 Å². The second-order valence-corrected chi connectivity index (χ2v) is 4.41. The van der Waals surface area contributed by atoms with Crippen molar-refractivity contribution in [3.05, 3.63) is 5.82 Å². The van der Waals surface area contributed by atoms with Crippen LogP contribution in [0.3, 0.4) is 0 Å². The summed E-state index contributed by atoms with van der Waals surface area (Å²) in [5.41, 5.74) is 5.61. The zero-order chi connectivity index (χ0) is 9.54. The highest BCUT2D eigenvalue weighted by Crippen LogP contribution is 2.51. The first kappa shape index (κ1) is 8.35. The summed E-state index contributed by atoms with van der Waals surface area (Å²) in [6.45, 7) is 0.447. The fourth-order valence-electron chi connectivity index (χ4n) is 2.24. The molecule has 2 N–H and O–H groups in total. The molecule has 0 saturated heterocycles. The third kappa shape index (κ3) is 1.32. The molecule has 1 aromatic heterocycles. The Hall–Kier alpha value is -0.970. The molecular weight excluding hydrogens is 178 g/mol. The van der Waals surface area contributed by atoms with E-state index >= 15 is 0 Å². The molecule has 14 heavy (non-hydrogen) atoms. The summed E-state index contributed by atoms with van der Waals surface area (Å²) in [5.74, 6) is 2.47. The number of aromatic nitrogens is 4. The molecule has 0 amide bonds. The maximum Gasteiger partial charge on any atom is 0.165 e. The topological polar surface area (TPSA) is 69.6 Å².